The van der Waals surface area contributed by atoms with Crippen molar-refractivity contribution in [2.24, 2.45) is 0 Å². The van der Waals surface area contributed by atoms with E-state index >= 15 is 0 Å². The first kappa shape index (κ1) is 25.1. The van der Waals surface area contributed by atoms with Crippen LogP contribution in [-0.2, 0) is 18.4 Å². The van der Waals surface area contributed by atoms with Crippen LogP contribution in [-0.4, -0.2) is 79.4 Å². The highest BCUT2D eigenvalue weighted by Gasteiger charge is 2.60. The molecule has 19 heteroatoms. The number of fused-ring (bicyclic) bond motifs is 1. The molecule has 0 spiro atoms. The second-order valence-electron chi connectivity index (χ2n) is 6.34. The van der Waals surface area contributed by atoms with Crippen molar-refractivity contribution in [2.45, 2.75) is 33.5 Å². The molecule has 31 heavy (non-hydrogen) atoms. The fraction of sp³-hybridized carbons (Fsp3) is 0.583. The number of aliphatic hydroxyl groups is 2. The fourth-order valence-electron chi connectivity index (χ4n) is 2.71. The molecule has 3 heterocycles. The summed E-state index contributed by atoms with van der Waals surface area (Å²) in [6.07, 6.45) is -2.88. The van der Waals surface area contributed by atoms with Gasteiger partial charge in [0.25, 0.3) is 0 Å². The Bertz CT molecular complexity index is 1080. The quantitative estimate of drug-likeness (QED) is 0.120. The Morgan fingerprint density at radius 2 is 1.94 bits per heavy atom. The zero-order chi connectivity index (χ0) is 23.4. The lowest BCUT2D eigenvalue weighted by atomic mass is 10.1. The maximum Gasteiger partial charge on any atom is 0.376 e. The van der Waals surface area contributed by atoms with E-state index in [1.165, 1.54) is 22.7 Å². The second kappa shape index (κ2) is 8.67. The summed E-state index contributed by atoms with van der Waals surface area (Å²) in [4.78, 5) is 40.3. The van der Waals surface area contributed by atoms with E-state index in [-0.39, 0.29) is 17.0 Å². The van der Waals surface area contributed by atoms with Crippen LogP contribution in [0.25, 0.3) is 11.2 Å². The van der Waals surface area contributed by atoms with Gasteiger partial charge in [-0.3, -0.25) is 13.7 Å². The molecule has 5 atom stereocenters. The second-order valence-corrected chi connectivity index (χ2v) is 13.6. The number of nitrogens with zero attached hydrogens (tertiary/aromatic N) is 4. The van der Waals surface area contributed by atoms with Gasteiger partial charge in [-0.2, -0.15) is 0 Å². The van der Waals surface area contributed by atoms with Crippen LogP contribution in [0.3, 0.4) is 0 Å². The number of hydrogen-bond acceptors (Lipinski definition) is 11. The number of anilines is 1. The number of halogens is 2. The Morgan fingerprint density at radius 3 is 2.52 bits per heavy atom. The molecule has 0 aliphatic carbocycles. The highest BCUT2D eigenvalue weighted by atomic mass is 35.5. The normalized spacial score (nSPS) is 27.0. The van der Waals surface area contributed by atoms with Crippen molar-refractivity contribution in [3.05, 3.63) is 6.33 Å². The van der Waals surface area contributed by atoms with Crippen molar-refractivity contribution in [1.29, 1.82) is 0 Å². The van der Waals surface area contributed by atoms with Gasteiger partial charge in [0.2, 0.25) is 0 Å². The first-order valence-electron chi connectivity index (χ1n) is 8.17. The number of nitrogens with two attached hydrogens (primary N) is 1. The number of aromatic nitrogens is 4. The van der Waals surface area contributed by atoms with Crippen LogP contribution in [0.4, 0.5) is 5.82 Å². The Kier molecular flexibility index (Phi) is 7.02. The van der Waals surface area contributed by atoms with E-state index in [4.69, 9.17) is 43.5 Å². The average Bonchev–Trinajstić information content (AvgIpc) is 3.21. The zero-order valence-corrected chi connectivity index (χ0v) is 19.5. The van der Waals surface area contributed by atoms with Crippen molar-refractivity contribution in [3.63, 3.8) is 0 Å². The standard InChI is InChI=1S/C12H17Cl2N5O9P2S/c1-31-11-17-8(15)5-9(18-11)19(3-16-5)10-7(21)6(20)4(28-10)2-27-30(25,26)12(13,14)29(22,23)24/h3-4,6-7,10,20-21H,2H2,1H3,(H,25,26)(H2,15,17,18)(H2,22,23,24)/t4?,6-,7-,10?/m1/s1. The van der Waals surface area contributed by atoms with Crippen molar-refractivity contribution >= 4 is 67.1 Å². The molecule has 174 valence electrons. The smallest absolute Gasteiger partial charge is 0.376 e. The van der Waals surface area contributed by atoms with E-state index < -0.39 is 50.2 Å². The van der Waals surface area contributed by atoms with Gasteiger partial charge in [0, 0.05) is 0 Å². The van der Waals surface area contributed by atoms with E-state index in [1.54, 1.807) is 6.26 Å². The molecule has 2 aromatic rings. The Hall–Kier alpha value is -0.540. The number of rotatable bonds is 7. The summed E-state index contributed by atoms with van der Waals surface area (Å²) in [5.74, 6) is 0.0836. The van der Waals surface area contributed by atoms with Gasteiger partial charge in [-0.05, 0) is 6.26 Å². The summed E-state index contributed by atoms with van der Waals surface area (Å²) in [7, 11) is -10.8. The highest BCUT2D eigenvalue weighted by Crippen LogP contribution is 2.75. The summed E-state index contributed by atoms with van der Waals surface area (Å²) in [5, 5.41) is 21.0. The number of ether oxygens (including phenoxy) is 1. The Morgan fingerprint density at radius 1 is 1.29 bits per heavy atom. The first-order valence-corrected chi connectivity index (χ1v) is 13.3. The molecule has 0 bridgehead atoms. The summed E-state index contributed by atoms with van der Waals surface area (Å²) in [6, 6.07) is 0. The van der Waals surface area contributed by atoms with Crippen molar-refractivity contribution in [1.82, 2.24) is 19.5 Å². The lowest BCUT2D eigenvalue weighted by molar-refractivity contribution is -0.0485. The SMILES string of the molecule is CSc1nc(N)c2ncn(C3OC(COP(=O)(O)C(Cl)(Cl)P(=O)(O)O)[C@@H](O)[C@H]3O)c2n1. The van der Waals surface area contributed by atoms with Crippen molar-refractivity contribution in [3.8, 4) is 0 Å². The van der Waals surface area contributed by atoms with Gasteiger partial charge in [-0.25, -0.2) is 15.0 Å². The van der Waals surface area contributed by atoms with Crippen LogP contribution in [0, 0.1) is 0 Å². The van der Waals surface area contributed by atoms with Crippen molar-refractivity contribution < 1.29 is 43.3 Å². The number of hydrogen-bond donors (Lipinski definition) is 6. The van der Waals surface area contributed by atoms with Crippen LogP contribution >= 0.6 is 50.2 Å². The van der Waals surface area contributed by atoms with Crippen LogP contribution in [0.2, 0.25) is 0 Å². The highest BCUT2D eigenvalue weighted by molar-refractivity contribution is 7.98. The lowest BCUT2D eigenvalue weighted by Gasteiger charge is -2.26. The van der Waals surface area contributed by atoms with Crippen LogP contribution in [0.5, 0.6) is 0 Å². The molecule has 0 amide bonds. The Labute approximate surface area is 188 Å². The maximum atomic E-state index is 12.1. The number of alkyl halides is 2. The molecule has 2 aromatic heterocycles. The van der Waals surface area contributed by atoms with E-state index in [0.717, 1.165) is 0 Å². The molecule has 1 aliphatic heterocycles. The maximum absolute atomic E-state index is 12.1. The van der Waals surface area contributed by atoms with Gasteiger partial charge < -0.3 is 39.9 Å². The predicted molar refractivity (Wildman–Crippen MR) is 110 cm³/mol. The molecule has 3 rings (SSSR count). The molecule has 0 aromatic carbocycles. The summed E-state index contributed by atoms with van der Waals surface area (Å²) >= 11 is 11.9. The van der Waals surface area contributed by atoms with E-state index in [2.05, 4.69) is 19.5 Å². The van der Waals surface area contributed by atoms with Gasteiger partial charge in [-0.15, -0.1) is 0 Å². The number of thioether (sulfide) groups is 1. The third kappa shape index (κ3) is 4.47. The third-order valence-corrected chi connectivity index (χ3v) is 10.9. The van der Waals surface area contributed by atoms with Gasteiger partial charge in [-0.1, -0.05) is 35.0 Å². The monoisotopic (exact) mass is 539 g/mol. The van der Waals surface area contributed by atoms with Crippen molar-refractivity contribution in [2.75, 3.05) is 18.6 Å². The van der Waals surface area contributed by atoms with Gasteiger partial charge in [0.15, 0.2) is 22.8 Å². The molecule has 1 saturated heterocycles. The van der Waals surface area contributed by atoms with E-state index in [0.29, 0.717) is 5.16 Å². The summed E-state index contributed by atoms with van der Waals surface area (Å²) < 4.78 is 31.4. The molecule has 1 aliphatic rings. The molecule has 14 nitrogen and oxygen atoms in total. The molecule has 0 radical (unpaired) electrons. The minimum Gasteiger partial charge on any atom is -0.387 e. The number of imidazole rings is 1. The minimum atomic E-state index is -5.47. The summed E-state index contributed by atoms with van der Waals surface area (Å²) in [6.45, 7) is -0.885. The van der Waals surface area contributed by atoms with Crippen LogP contribution < -0.4 is 5.73 Å². The molecule has 3 unspecified atom stereocenters. The summed E-state index contributed by atoms with van der Waals surface area (Å²) in [5.41, 5.74) is 6.26. The number of nitrogen functional groups attached to an aromatic ring is 1. The minimum absolute atomic E-state index is 0.0836. The van der Waals surface area contributed by atoms with E-state index in [1.807, 2.05) is 0 Å². The van der Waals surface area contributed by atoms with Gasteiger partial charge in [0.1, 0.15) is 23.8 Å². The molecule has 0 saturated carbocycles. The number of aliphatic hydroxyl groups excluding tert-OH is 2. The third-order valence-electron chi connectivity index (χ3n) is 4.33. The van der Waals surface area contributed by atoms with E-state index in [9.17, 15) is 24.2 Å². The zero-order valence-electron chi connectivity index (χ0n) is 15.4. The van der Waals surface area contributed by atoms with Crippen LogP contribution in [0.1, 0.15) is 6.23 Å². The largest absolute Gasteiger partial charge is 0.387 e. The molecular formula is C12H17Cl2N5O9P2S. The topological polar surface area (TPSA) is 223 Å². The molecule has 1 fully saturated rings. The predicted octanol–water partition coefficient (Wildman–Crippen LogP) is 0.218. The molecule has 7 N–H and O–H groups in total. The molecular weight excluding hydrogens is 523 g/mol. The average molecular weight is 540 g/mol. The fourth-order valence-corrected chi connectivity index (χ4v) is 5.36. The van der Waals surface area contributed by atoms with Gasteiger partial charge in [0.05, 0.1) is 12.9 Å². The Balaban J connectivity index is 1.83. The van der Waals surface area contributed by atoms with Gasteiger partial charge >= 0.3 is 19.0 Å². The van der Waals surface area contributed by atoms with Crippen LogP contribution in [0.15, 0.2) is 11.5 Å². The lowest BCUT2D eigenvalue weighted by Crippen LogP contribution is -2.34. The first-order chi connectivity index (χ1) is 14.2.